The Morgan fingerprint density at radius 3 is 2.81 bits per heavy atom. The van der Waals surface area contributed by atoms with Crippen LogP contribution < -0.4 is 10.6 Å². The van der Waals surface area contributed by atoms with Crippen LogP contribution in [0.25, 0.3) is 0 Å². The molecule has 0 unspecified atom stereocenters. The minimum Gasteiger partial charge on any atom is -0.481 e. The number of nitrogens with zero attached hydrogens (tertiary/aromatic N) is 4. The molecule has 1 aliphatic rings. The summed E-state index contributed by atoms with van der Waals surface area (Å²) in [7, 11) is 0. The molecule has 3 rings (SSSR count). The monoisotopic (exact) mass is 375 g/mol. The lowest BCUT2D eigenvalue weighted by atomic mass is 10.0. The zero-order valence-corrected chi connectivity index (χ0v) is 15.8. The van der Waals surface area contributed by atoms with E-state index < -0.39 is 5.97 Å². The van der Waals surface area contributed by atoms with Gasteiger partial charge in [0.1, 0.15) is 11.0 Å². The third-order valence-corrected chi connectivity index (χ3v) is 5.22. The van der Waals surface area contributed by atoms with Crippen LogP contribution in [0.1, 0.15) is 47.2 Å². The number of halogens is 1. The van der Waals surface area contributed by atoms with Gasteiger partial charge in [-0.3, -0.25) is 9.78 Å². The van der Waals surface area contributed by atoms with Gasteiger partial charge < -0.3 is 15.7 Å². The smallest absolute Gasteiger partial charge is 0.304 e. The molecule has 2 aromatic rings. The molecule has 0 saturated heterocycles. The highest BCUT2D eigenvalue weighted by Crippen LogP contribution is 2.41. The second kappa shape index (κ2) is 7.07. The normalized spacial score (nSPS) is 16.0. The first-order valence-electron chi connectivity index (χ1n) is 8.55. The van der Waals surface area contributed by atoms with Crippen LogP contribution in [0.5, 0.6) is 0 Å². The third-order valence-electron chi connectivity index (χ3n) is 4.94. The number of hydrogen-bond donors (Lipinski definition) is 2. The fraction of sp³-hybridized carbons (Fsp3) is 0.444. The predicted molar refractivity (Wildman–Crippen MR) is 101 cm³/mol. The summed E-state index contributed by atoms with van der Waals surface area (Å²) in [4.78, 5) is 26.2. The van der Waals surface area contributed by atoms with Crippen LogP contribution >= 0.6 is 11.6 Å². The van der Waals surface area contributed by atoms with Crippen molar-refractivity contribution in [3.05, 3.63) is 39.3 Å². The second-order valence-corrected chi connectivity index (χ2v) is 6.99. The summed E-state index contributed by atoms with van der Waals surface area (Å²) in [6, 6.07) is 0. The molecular formula is C18H22ClN5O2. The van der Waals surface area contributed by atoms with Crippen LogP contribution in [0.3, 0.4) is 0 Å². The highest BCUT2D eigenvalue weighted by molar-refractivity contribution is 6.30. The van der Waals surface area contributed by atoms with Gasteiger partial charge in [-0.05, 0) is 37.0 Å². The molecule has 8 heteroatoms. The number of carboxylic acids is 1. The zero-order valence-electron chi connectivity index (χ0n) is 15.1. The summed E-state index contributed by atoms with van der Waals surface area (Å²) in [6.07, 6.45) is 2.79. The Morgan fingerprint density at radius 2 is 2.15 bits per heavy atom. The number of rotatable bonds is 5. The Labute approximate surface area is 157 Å². The number of aromatic nitrogens is 3. The topological polar surface area (TPSA) is 105 Å². The molecule has 0 fully saturated rings. The molecule has 0 spiro atoms. The summed E-state index contributed by atoms with van der Waals surface area (Å²) in [5.41, 5.74) is 11.0. The lowest BCUT2D eigenvalue weighted by Gasteiger charge is -2.21. The standard InChI is InChI=1S/C18H22ClN5O2/c1-4-12-9(2)6-21-13(10(12)3)8-24-7-11(5-14(25)26)15-16(19)22-18(20)23-17(15)24/h6,11H,4-5,7-8H2,1-3H3,(H,25,26)(H2,20,22,23)/t11-/m0/s1. The van der Waals surface area contributed by atoms with E-state index in [1.54, 1.807) is 0 Å². The van der Waals surface area contributed by atoms with Gasteiger partial charge in [0.2, 0.25) is 5.95 Å². The van der Waals surface area contributed by atoms with Gasteiger partial charge in [0, 0.05) is 24.2 Å². The van der Waals surface area contributed by atoms with Crippen molar-refractivity contribution in [2.45, 2.75) is 46.1 Å². The lowest BCUT2D eigenvalue weighted by Crippen LogP contribution is -2.24. The predicted octanol–water partition coefficient (Wildman–Crippen LogP) is 2.86. The van der Waals surface area contributed by atoms with Crippen molar-refractivity contribution in [1.82, 2.24) is 15.0 Å². The average Bonchev–Trinajstić information content (AvgIpc) is 2.87. The SMILES string of the molecule is CCc1c(C)cnc(CN2C[C@H](CC(=O)O)c3c(Cl)nc(N)nc32)c1C. The molecule has 26 heavy (non-hydrogen) atoms. The molecule has 3 heterocycles. The average molecular weight is 376 g/mol. The fourth-order valence-electron chi connectivity index (χ4n) is 3.70. The maximum atomic E-state index is 11.2. The van der Waals surface area contributed by atoms with Crippen LogP contribution in [0, 0.1) is 13.8 Å². The minimum atomic E-state index is -0.881. The molecule has 0 radical (unpaired) electrons. The first kappa shape index (κ1) is 18.4. The van der Waals surface area contributed by atoms with Crippen LogP contribution in [0.4, 0.5) is 11.8 Å². The number of carbonyl (C=O) groups is 1. The van der Waals surface area contributed by atoms with Crippen molar-refractivity contribution < 1.29 is 9.90 Å². The van der Waals surface area contributed by atoms with Gasteiger partial charge >= 0.3 is 5.97 Å². The molecule has 7 nitrogen and oxygen atoms in total. The number of nitrogen functional groups attached to an aromatic ring is 1. The van der Waals surface area contributed by atoms with E-state index in [0.29, 0.717) is 24.5 Å². The van der Waals surface area contributed by atoms with Crippen LogP contribution in [-0.4, -0.2) is 32.6 Å². The Bertz CT molecular complexity index is 871. The molecule has 1 atom stereocenters. The Balaban J connectivity index is 1.99. The van der Waals surface area contributed by atoms with Crippen LogP contribution in [0.2, 0.25) is 5.15 Å². The van der Waals surface area contributed by atoms with Crippen molar-refractivity contribution in [3.63, 3.8) is 0 Å². The summed E-state index contributed by atoms with van der Waals surface area (Å²) >= 11 is 6.25. The Kier molecular flexibility index (Phi) is 5.00. The minimum absolute atomic E-state index is 0.0307. The van der Waals surface area contributed by atoms with Crippen molar-refractivity contribution in [2.75, 3.05) is 17.2 Å². The molecule has 0 bridgehead atoms. The second-order valence-electron chi connectivity index (χ2n) is 6.63. The Morgan fingerprint density at radius 1 is 1.42 bits per heavy atom. The molecule has 138 valence electrons. The van der Waals surface area contributed by atoms with E-state index in [-0.39, 0.29) is 23.4 Å². The van der Waals surface area contributed by atoms with E-state index in [9.17, 15) is 9.90 Å². The number of fused-ring (bicyclic) bond motifs is 1. The molecular weight excluding hydrogens is 354 g/mol. The van der Waals surface area contributed by atoms with Crippen molar-refractivity contribution in [1.29, 1.82) is 0 Å². The highest BCUT2D eigenvalue weighted by Gasteiger charge is 2.35. The van der Waals surface area contributed by atoms with E-state index in [1.807, 2.05) is 11.1 Å². The first-order chi connectivity index (χ1) is 12.3. The molecule has 1 aliphatic heterocycles. The summed E-state index contributed by atoms with van der Waals surface area (Å²) < 4.78 is 0. The summed E-state index contributed by atoms with van der Waals surface area (Å²) in [5, 5.41) is 9.45. The highest BCUT2D eigenvalue weighted by atomic mass is 35.5. The Hall–Kier alpha value is -2.41. The van der Waals surface area contributed by atoms with Crippen molar-refractivity contribution >= 4 is 29.3 Å². The van der Waals surface area contributed by atoms with E-state index in [1.165, 1.54) is 11.1 Å². The molecule has 2 aromatic heterocycles. The first-order valence-corrected chi connectivity index (χ1v) is 8.93. The van der Waals surface area contributed by atoms with Gasteiger partial charge in [-0.25, -0.2) is 4.98 Å². The van der Waals surface area contributed by atoms with Crippen LogP contribution in [0.15, 0.2) is 6.20 Å². The van der Waals surface area contributed by atoms with E-state index in [2.05, 4.69) is 35.7 Å². The van der Waals surface area contributed by atoms with Gasteiger partial charge in [-0.15, -0.1) is 0 Å². The van der Waals surface area contributed by atoms with E-state index in [0.717, 1.165) is 17.7 Å². The van der Waals surface area contributed by atoms with Crippen LogP contribution in [-0.2, 0) is 17.8 Å². The summed E-state index contributed by atoms with van der Waals surface area (Å²) in [6.45, 7) is 7.28. The largest absolute Gasteiger partial charge is 0.481 e. The number of aliphatic carboxylic acids is 1. The van der Waals surface area contributed by atoms with Gasteiger partial charge in [-0.1, -0.05) is 18.5 Å². The fourth-order valence-corrected chi connectivity index (χ4v) is 4.03. The molecule has 0 aromatic carbocycles. The quantitative estimate of drug-likeness (QED) is 0.774. The number of nitrogens with two attached hydrogens (primary N) is 1. The molecule has 0 saturated carbocycles. The zero-order chi connectivity index (χ0) is 19.0. The number of pyridine rings is 1. The number of aryl methyl sites for hydroxylation is 1. The summed E-state index contributed by atoms with van der Waals surface area (Å²) in [5.74, 6) is -0.466. The van der Waals surface area contributed by atoms with Gasteiger partial charge in [0.05, 0.1) is 18.7 Å². The van der Waals surface area contributed by atoms with Crippen molar-refractivity contribution in [2.24, 2.45) is 0 Å². The maximum absolute atomic E-state index is 11.2. The molecule has 0 aliphatic carbocycles. The van der Waals surface area contributed by atoms with Gasteiger partial charge in [-0.2, -0.15) is 4.98 Å². The maximum Gasteiger partial charge on any atom is 0.304 e. The number of carboxylic acid groups (broad SMARTS) is 1. The van der Waals surface area contributed by atoms with E-state index >= 15 is 0 Å². The van der Waals surface area contributed by atoms with Gasteiger partial charge in [0.25, 0.3) is 0 Å². The van der Waals surface area contributed by atoms with Crippen molar-refractivity contribution in [3.8, 4) is 0 Å². The van der Waals surface area contributed by atoms with E-state index in [4.69, 9.17) is 17.3 Å². The number of hydrogen-bond acceptors (Lipinski definition) is 6. The third kappa shape index (κ3) is 3.31. The number of anilines is 2. The lowest BCUT2D eigenvalue weighted by molar-refractivity contribution is -0.137. The molecule has 0 amide bonds. The van der Waals surface area contributed by atoms with Gasteiger partial charge in [0.15, 0.2) is 0 Å². The molecule has 3 N–H and O–H groups in total.